The molecule has 98 valence electrons. The fraction of sp³-hybridized carbons (Fsp3) is 0.143. The van der Waals surface area contributed by atoms with Crippen molar-refractivity contribution in [1.82, 2.24) is 4.98 Å². The number of nitrogens with two attached hydrogens (primary N) is 1. The molecule has 0 bridgehead atoms. The van der Waals surface area contributed by atoms with Crippen molar-refractivity contribution < 1.29 is 4.39 Å². The third kappa shape index (κ3) is 2.71. The monoisotopic (exact) mass is 275 g/mol. The molecule has 0 radical (unpaired) electrons. The van der Waals surface area contributed by atoms with Crippen LogP contribution in [-0.2, 0) is 0 Å². The third-order valence-corrected chi connectivity index (χ3v) is 3.04. The number of para-hydroxylation sites is 1. The number of hydrogen-bond donors (Lipinski definition) is 1. The summed E-state index contributed by atoms with van der Waals surface area (Å²) in [5.41, 5.74) is 7.59. The van der Waals surface area contributed by atoms with Gasteiger partial charge < -0.3 is 10.6 Å². The summed E-state index contributed by atoms with van der Waals surface area (Å²) >= 11 is 5.03. The van der Waals surface area contributed by atoms with Crippen LogP contribution in [0, 0.1) is 5.82 Å². The second kappa shape index (κ2) is 5.75. The molecule has 0 atom stereocenters. The first-order valence-corrected chi connectivity index (χ1v) is 6.32. The number of hydrogen-bond acceptors (Lipinski definition) is 3. The minimum atomic E-state index is -0.290. The topological polar surface area (TPSA) is 42.2 Å². The van der Waals surface area contributed by atoms with E-state index in [1.807, 2.05) is 6.92 Å². The molecule has 0 aliphatic carbocycles. The zero-order valence-corrected chi connectivity index (χ0v) is 11.3. The van der Waals surface area contributed by atoms with Crippen molar-refractivity contribution >= 4 is 28.6 Å². The molecule has 0 fully saturated rings. The molecule has 2 aromatic rings. The van der Waals surface area contributed by atoms with E-state index in [4.69, 9.17) is 18.0 Å². The first-order valence-electron chi connectivity index (χ1n) is 5.91. The first-order chi connectivity index (χ1) is 9.15. The number of pyridine rings is 1. The standard InChI is InChI=1S/C14H14FN3S/c1-2-18(12-6-4-3-5-11(12)15)13-9-17-8-7-10(13)14(16)19/h3-9H,2H2,1H3,(H2,16,19). The largest absolute Gasteiger partial charge is 0.389 e. The number of thiocarbonyl (C=S) groups is 1. The van der Waals surface area contributed by atoms with Gasteiger partial charge >= 0.3 is 0 Å². The number of halogens is 1. The quantitative estimate of drug-likeness (QED) is 0.871. The Balaban J connectivity index is 2.55. The van der Waals surface area contributed by atoms with Gasteiger partial charge in [0.15, 0.2) is 0 Å². The molecular formula is C14H14FN3S. The molecule has 1 aromatic carbocycles. The average molecular weight is 275 g/mol. The van der Waals surface area contributed by atoms with E-state index in [1.54, 1.807) is 41.6 Å². The molecule has 1 aromatic heterocycles. The fourth-order valence-corrected chi connectivity index (χ4v) is 2.12. The van der Waals surface area contributed by atoms with Crippen molar-refractivity contribution in [1.29, 1.82) is 0 Å². The summed E-state index contributed by atoms with van der Waals surface area (Å²) in [6.45, 7) is 2.52. The van der Waals surface area contributed by atoms with E-state index < -0.39 is 0 Å². The molecule has 0 saturated carbocycles. The third-order valence-electron chi connectivity index (χ3n) is 2.82. The van der Waals surface area contributed by atoms with Crippen LogP contribution in [0.25, 0.3) is 0 Å². The van der Waals surface area contributed by atoms with Gasteiger partial charge in [-0.3, -0.25) is 4.98 Å². The number of benzene rings is 1. The lowest BCUT2D eigenvalue weighted by Gasteiger charge is -2.25. The zero-order chi connectivity index (χ0) is 13.8. The van der Waals surface area contributed by atoms with Gasteiger partial charge in [0.1, 0.15) is 10.8 Å². The van der Waals surface area contributed by atoms with E-state index in [0.29, 0.717) is 23.5 Å². The second-order valence-corrected chi connectivity index (χ2v) is 4.39. The number of rotatable bonds is 4. The zero-order valence-electron chi connectivity index (χ0n) is 10.5. The Morgan fingerprint density at radius 3 is 2.68 bits per heavy atom. The predicted molar refractivity (Wildman–Crippen MR) is 79.2 cm³/mol. The number of aromatic nitrogens is 1. The van der Waals surface area contributed by atoms with Crippen molar-refractivity contribution in [2.75, 3.05) is 11.4 Å². The Labute approximate surface area is 116 Å². The molecule has 0 amide bonds. The highest BCUT2D eigenvalue weighted by Crippen LogP contribution is 2.29. The van der Waals surface area contributed by atoms with E-state index in [-0.39, 0.29) is 10.8 Å². The number of anilines is 2. The molecule has 19 heavy (non-hydrogen) atoms. The molecule has 1 heterocycles. The van der Waals surface area contributed by atoms with E-state index >= 15 is 0 Å². The normalized spacial score (nSPS) is 10.2. The minimum absolute atomic E-state index is 0.271. The van der Waals surface area contributed by atoms with Crippen LogP contribution in [0.4, 0.5) is 15.8 Å². The van der Waals surface area contributed by atoms with Crippen molar-refractivity contribution in [3.05, 3.63) is 54.1 Å². The van der Waals surface area contributed by atoms with Gasteiger partial charge in [-0.2, -0.15) is 0 Å². The van der Waals surface area contributed by atoms with E-state index in [2.05, 4.69) is 4.98 Å². The van der Waals surface area contributed by atoms with Gasteiger partial charge in [-0.1, -0.05) is 24.4 Å². The summed E-state index contributed by atoms with van der Waals surface area (Å²) in [5.74, 6) is -0.290. The average Bonchev–Trinajstić information content (AvgIpc) is 2.42. The van der Waals surface area contributed by atoms with Crippen LogP contribution in [0.5, 0.6) is 0 Å². The van der Waals surface area contributed by atoms with Gasteiger partial charge in [-0.25, -0.2) is 4.39 Å². The Morgan fingerprint density at radius 2 is 2.05 bits per heavy atom. The number of nitrogens with zero attached hydrogens (tertiary/aromatic N) is 2. The van der Waals surface area contributed by atoms with E-state index in [0.717, 1.165) is 0 Å². The molecule has 0 spiro atoms. The van der Waals surface area contributed by atoms with Gasteiger partial charge in [0.05, 0.1) is 17.6 Å². The Bertz CT molecular complexity index is 601. The molecule has 2 N–H and O–H groups in total. The van der Waals surface area contributed by atoms with Gasteiger partial charge in [0, 0.05) is 18.3 Å². The van der Waals surface area contributed by atoms with Crippen LogP contribution >= 0.6 is 12.2 Å². The molecule has 5 heteroatoms. The maximum atomic E-state index is 13.9. The van der Waals surface area contributed by atoms with Crippen LogP contribution in [0.2, 0.25) is 0 Å². The molecule has 0 saturated heterocycles. The molecule has 2 rings (SSSR count). The van der Waals surface area contributed by atoms with Crippen LogP contribution in [0.15, 0.2) is 42.7 Å². The molecule has 0 unspecified atom stereocenters. The summed E-state index contributed by atoms with van der Waals surface area (Å²) < 4.78 is 13.9. The summed E-state index contributed by atoms with van der Waals surface area (Å²) in [6, 6.07) is 8.33. The Kier molecular flexibility index (Phi) is 4.06. The van der Waals surface area contributed by atoms with Crippen molar-refractivity contribution in [3.8, 4) is 0 Å². The summed E-state index contributed by atoms with van der Waals surface area (Å²) in [4.78, 5) is 6.15. The smallest absolute Gasteiger partial charge is 0.146 e. The Hall–Kier alpha value is -2.01. The van der Waals surface area contributed by atoms with Gasteiger partial charge in [-0.15, -0.1) is 0 Å². The van der Waals surface area contributed by atoms with Crippen LogP contribution in [-0.4, -0.2) is 16.5 Å². The first kappa shape index (κ1) is 13.4. The van der Waals surface area contributed by atoms with Crippen LogP contribution in [0.3, 0.4) is 0 Å². The van der Waals surface area contributed by atoms with Crippen LogP contribution in [0.1, 0.15) is 12.5 Å². The van der Waals surface area contributed by atoms with Gasteiger partial charge in [0.25, 0.3) is 0 Å². The van der Waals surface area contributed by atoms with Gasteiger partial charge in [-0.05, 0) is 25.1 Å². The lowest BCUT2D eigenvalue weighted by molar-refractivity contribution is 0.625. The lowest BCUT2D eigenvalue weighted by Crippen LogP contribution is -2.22. The molecule has 3 nitrogen and oxygen atoms in total. The van der Waals surface area contributed by atoms with Crippen molar-refractivity contribution in [3.63, 3.8) is 0 Å². The summed E-state index contributed by atoms with van der Waals surface area (Å²) in [5, 5.41) is 0. The second-order valence-electron chi connectivity index (χ2n) is 3.95. The highest BCUT2D eigenvalue weighted by molar-refractivity contribution is 7.80. The highest BCUT2D eigenvalue weighted by Gasteiger charge is 2.16. The maximum Gasteiger partial charge on any atom is 0.146 e. The SMILES string of the molecule is CCN(c1ccccc1F)c1cnccc1C(N)=S. The fourth-order valence-electron chi connectivity index (χ4n) is 1.95. The summed E-state index contributed by atoms with van der Waals surface area (Å²) in [6.07, 6.45) is 3.26. The Morgan fingerprint density at radius 1 is 1.32 bits per heavy atom. The molecule has 0 aliphatic heterocycles. The summed E-state index contributed by atoms with van der Waals surface area (Å²) in [7, 11) is 0. The highest BCUT2D eigenvalue weighted by atomic mass is 32.1. The molecule has 0 aliphatic rings. The van der Waals surface area contributed by atoms with Crippen molar-refractivity contribution in [2.45, 2.75) is 6.92 Å². The van der Waals surface area contributed by atoms with E-state index in [1.165, 1.54) is 6.07 Å². The predicted octanol–water partition coefficient (Wildman–Crippen LogP) is 3.01. The minimum Gasteiger partial charge on any atom is -0.389 e. The van der Waals surface area contributed by atoms with Gasteiger partial charge in [0.2, 0.25) is 0 Å². The van der Waals surface area contributed by atoms with E-state index in [9.17, 15) is 4.39 Å². The lowest BCUT2D eigenvalue weighted by atomic mass is 10.1. The van der Waals surface area contributed by atoms with Crippen LogP contribution < -0.4 is 10.6 Å². The molecular weight excluding hydrogens is 261 g/mol. The van der Waals surface area contributed by atoms with Crippen molar-refractivity contribution in [2.24, 2.45) is 5.73 Å². The maximum absolute atomic E-state index is 13.9.